The first-order valence-electron chi connectivity index (χ1n) is 9.53. The minimum Gasteiger partial charge on any atom is -0.493 e. The molecule has 0 aliphatic carbocycles. The lowest BCUT2D eigenvalue weighted by Gasteiger charge is -2.17. The number of methoxy groups -OCH3 is 1. The Morgan fingerprint density at radius 1 is 1.04 bits per heavy atom. The Hall–Kier alpha value is -2.53. The fourth-order valence-corrected chi connectivity index (χ4v) is 3.25. The maximum atomic E-state index is 12.3. The third-order valence-corrected chi connectivity index (χ3v) is 4.84. The lowest BCUT2D eigenvalue weighted by Crippen LogP contribution is -2.36. The zero-order valence-corrected chi connectivity index (χ0v) is 16.1. The lowest BCUT2D eigenvalue weighted by atomic mass is 10.1. The molecule has 2 aromatic carbocycles. The van der Waals surface area contributed by atoms with Crippen LogP contribution in [0.1, 0.15) is 30.9 Å². The van der Waals surface area contributed by atoms with Crippen LogP contribution in [0.2, 0.25) is 0 Å². The molecule has 0 saturated carbocycles. The predicted octanol–water partition coefficient (Wildman–Crippen LogP) is 3.37. The quantitative estimate of drug-likeness (QED) is 0.776. The van der Waals surface area contributed by atoms with Crippen LogP contribution in [-0.4, -0.2) is 37.1 Å². The van der Waals surface area contributed by atoms with Crippen molar-refractivity contribution in [3.8, 4) is 11.5 Å². The number of likely N-dealkylation sites (tertiary alicyclic amines) is 1. The second kappa shape index (κ2) is 9.42. The van der Waals surface area contributed by atoms with Gasteiger partial charge in [0.2, 0.25) is 0 Å². The van der Waals surface area contributed by atoms with E-state index in [1.54, 1.807) is 20.1 Å². The van der Waals surface area contributed by atoms with Crippen molar-refractivity contribution in [2.75, 3.05) is 20.2 Å². The first-order valence-corrected chi connectivity index (χ1v) is 9.53. The molecule has 1 N–H and O–H groups in total. The van der Waals surface area contributed by atoms with Crippen molar-refractivity contribution in [3.05, 3.63) is 59.7 Å². The Balaban J connectivity index is 1.47. The number of para-hydroxylation sites is 2. The Bertz CT molecular complexity index is 739. The summed E-state index contributed by atoms with van der Waals surface area (Å²) >= 11 is 0. The Kier molecular flexibility index (Phi) is 6.71. The molecule has 2 aromatic rings. The van der Waals surface area contributed by atoms with Crippen LogP contribution in [0, 0.1) is 0 Å². The van der Waals surface area contributed by atoms with Gasteiger partial charge in [-0.15, -0.1) is 0 Å². The summed E-state index contributed by atoms with van der Waals surface area (Å²) in [5, 5.41) is 2.93. The van der Waals surface area contributed by atoms with Crippen LogP contribution >= 0.6 is 0 Å². The fraction of sp³-hybridized carbons (Fsp3) is 0.409. The highest BCUT2D eigenvalue weighted by Gasteiger charge is 2.16. The van der Waals surface area contributed by atoms with Crippen molar-refractivity contribution in [2.24, 2.45) is 0 Å². The van der Waals surface area contributed by atoms with Gasteiger partial charge in [0.05, 0.1) is 7.11 Å². The third kappa shape index (κ3) is 5.47. The van der Waals surface area contributed by atoms with E-state index in [2.05, 4.69) is 34.5 Å². The smallest absolute Gasteiger partial charge is 0.261 e. The first-order chi connectivity index (χ1) is 13.2. The van der Waals surface area contributed by atoms with Crippen LogP contribution in [0.4, 0.5) is 0 Å². The number of nitrogens with one attached hydrogen (secondary N) is 1. The van der Waals surface area contributed by atoms with Crippen molar-refractivity contribution in [3.63, 3.8) is 0 Å². The second-order valence-corrected chi connectivity index (χ2v) is 6.93. The molecular formula is C22H28N2O3. The van der Waals surface area contributed by atoms with Gasteiger partial charge in [0.25, 0.3) is 5.91 Å². The minimum atomic E-state index is -0.601. The average molecular weight is 368 g/mol. The van der Waals surface area contributed by atoms with Gasteiger partial charge < -0.3 is 14.8 Å². The Morgan fingerprint density at radius 2 is 1.67 bits per heavy atom. The van der Waals surface area contributed by atoms with Crippen LogP contribution in [0.5, 0.6) is 11.5 Å². The molecule has 1 fully saturated rings. The summed E-state index contributed by atoms with van der Waals surface area (Å²) in [5.74, 6) is 1.03. The van der Waals surface area contributed by atoms with E-state index in [9.17, 15) is 4.79 Å². The van der Waals surface area contributed by atoms with Crippen molar-refractivity contribution < 1.29 is 14.3 Å². The number of ether oxygens (including phenoxy) is 2. The van der Waals surface area contributed by atoms with Gasteiger partial charge >= 0.3 is 0 Å². The standard InChI is InChI=1S/C22H28N2O3/c1-17(27-21-8-4-3-7-20(21)26-2)22(25)23-15-18-9-11-19(12-10-18)16-24-13-5-6-14-24/h3-4,7-12,17H,5-6,13-16H2,1-2H3,(H,23,25). The van der Waals surface area contributed by atoms with E-state index in [1.165, 1.54) is 31.5 Å². The molecule has 1 amide bonds. The lowest BCUT2D eigenvalue weighted by molar-refractivity contribution is -0.127. The summed E-state index contributed by atoms with van der Waals surface area (Å²) in [6.07, 6.45) is 2.01. The van der Waals surface area contributed by atoms with E-state index in [-0.39, 0.29) is 5.91 Å². The minimum absolute atomic E-state index is 0.151. The summed E-state index contributed by atoms with van der Waals surface area (Å²) in [5.41, 5.74) is 2.40. The largest absolute Gasteiger partial charge is 0.493 e. The molecule has 5 nitrogen and oxygen atoms in total. The summed E-state index contributed by atoms with van der Waals surface area (Å²) in [6.45, 7) is 5.63. The van der Waals surface area contributed by atoms with Gasteiger partial charge in [0.1, 0.15) is 0 Å². The molecule has 1 saturated heterocycles. The number of carbonyl (C=O) groups excluding carboxylic acids is 1. The third-order valence-electron chi connectivity index (χ3n) is 4.84. The maximum absolute atomic E-state index is 12.3. The molecule has 5 heteroatoms. The summed E-state index contributed by atoms with van der Waals surface area (Å²) in [6, 6.07) is 15.8. The zero-order chi connectivity index (χ0) is 19.1. The van der Waals surface area contributed by atoms with Gasteiger partial charge in [-0.25, -0.2) is 0 Å². The van der Waals surface area contributed by atoms with Crippen molar-refractivity contribution in [1.82, 2.24) is 10.2 Å². The molecule has 27 heavy (non-hydrogen) atoms. The monoisotopic (exact) mass is 368 g/mol. The highest BCUT2D eigenvalue weighted by atomic mass is 16.5. The van der Waals surface area contributed by atoms with Gasteiger partial charge in [0, 0.05) is 13.1 Å². The number of carbonyl (C=O) groups is 1. The zero-order valence-electron chi connectivity index (χ0n) is 16.1. The average Bonchev–Trinajstić information content (AvgIpc) is 3.20. The normalized spacial score (nSPS) is 15.3. The van der Waals surface area contributed by atoms with Gasteiger partial charge in [-0.3, -0.25) is 9.69 Å². The molecule has 1 atom stereocenters. The summed E-state index contributed by atoms with van der Waals surface area (Å²) in [7, 11) is 1.58. The molecule has 0 aromatic heterocycles. The molecule has 1 aliphatic rings. The number of rotatable bonds is 8. The highest BCUT2D eigenvalue weighted by molar-refractivity contribution is 5.80. The predicted molar refractivity (Wildman–Crippen MR) is 106 cm³/mol. The maximum Gasteiger partial charge on any atom is 0.261 e. The Labute approximate surface area is 161 Å². The Morgan fingerprint density at radius 3 is 2.33 bits per heavy atom. The van der Waals surface area contributed by atoms with E-state index in [4.69, 9.17) is 9.47 Å². The first kappa shape index (κ1) is 19.2. The molecule has 0 radical (unpaired) electrons. The summed E-state index contributed by atoms with van der Waals surface area (Å²) < 4.78 is 11.0. The van der Waals surface area contributed by atoms with Gasteiger partial charge in [-0.1, -0.05) is 36.4 Å². The topological polar surface area (TPSA) is 50.8 Å². The number of hydrogen-bond acceptors (Lipinski definition) is 4. The van der Waals surface area contributed by atoms with E-state index < -0.39 is 6.10 Å². The number of amides is 1. The number of benzene rings is 2. The van der Waals surface area contributed by atoms with Gasteiger partial charge in [-0.05, 0) is 56.1 Å². The van der Waals surface area contributed by atoms with E-state index in [0.29, 0.717) is 18.0 Å². The molecule has 3 rings (SSSR count). The molecular weight excluding hydrogens is 340 g/mol. The van der Waals surface area contributed by atoms with Crippen molar-refractivity contribution in [1.29, 1.82) is 0 Å². The number of hydrogen-bond donors (Lipinski definition) is 1. The summed E-state index contributed by atoms with van der Waals surface area (Å²) in [4.78, 5) is 14.8. The molecule has 1 heterocycles. The van der Waals surface area contributed by atoms with E-state index in [1.807, 2.05) is 18.2 Å². The van der Waals surface area contributed by atoms with Crippen LogP contribution in [0.3, 0.4) is 0 Å². The molecule has 144 valence electrons. The van der Waals surface area contributed by atoms with E-state index in [0.717, 1.165) is 12.1 Å². The van der Waals surface area contributed by atoms with Gasteiger partial charge in [-0.2, -0.15) is 0 Å². The van der Waals surface area contributed by atoms with E-state index >= 15 is 0 Å². The molecule has 1 unspecified atom stereocenters. The molecule has 0 bridgehead atoms. The highest BCUT2D eigenvalue weighted by Crippen LogP contribution is 2.26. The fourth-order valence-electron chi connectivity index (χ4n) is 3.25. The van der Waals surface area contributed by atoms with Gasteiger partial charge in [0.15, 0.2) is 17.6 Å². The molecule has 1 aliphatic heterocycles. The SMILES string of the molecule is COc1ccccc1OC(C)C(=O)NCc1ccc(CN2CCCC2)cc1. The molecule has 0 spiro atoms. The van der Waals surface area contributed by atoms with Crippen molar-refractivity contribution in [2.45, 2.75) is 39.0 Å². The van der Waals surface area contributed by atoms with Crippen LogP contribution in [-0.2, 0) is 17.9 Å². The van der Waals surface area contributed by atoms with Crippen LogP contribution in [0.25, 0.3) is 0 Å². The van der Waals surface area contributed by atoms with Crippen molar-refractivity contribution >= 4 is 5.91 Å². The van der Waals surface area contributed by atoms with Crippen LogP contribution in [0.15, 0.2) is 48.5 Å². The van der Waals surface area contributed by atoms with Crippen LogP contribution < -0.4 is 14.8 Å². The second-order valence-electron chi connectivity index (χ2n) is 6.93. The number of nitrogens with zero attached hydrogens (tertiary/aromatic N) is 1.